The molecule has 3 atom stereocenters. The van der Waals surface area contributed by atoms with E-state index in [1.807, 2.05) is 6.07 Å². The molecular formula is C17H24FNO2. The maximum atomic E-state index is 13.6. The number of hydrogen-bond acceptors (Lipinski definition) is 3. The van der Waals surface area contributed by atoms with E-state index in [-0.39, 0.29) is 11.4 Å². The number of ether oxygens (including phenoxy) is 2. The van der Waals surface area contributed by atoms with Gasteiger partial charge in [-0.1, -0.05) is 19.1 Å². The predicted octanol–water partition coefficient (Wildman–Crippen LogP) is 2.98. The molecule has 0 bridgehead atoms. The molecule has 0 radical (unpaired) electrons. The molecule has 21 heavy (non-hydrogen) atoms. The summed E-state index contributed by atoms with van der Waals surface area (Å²) in [6, 6.07) is 6.74. The second-order valence-electron chi connectivity index (χ2n) is 6.43. The van der Waals surface area contributed by atoms with E-state index in [4.69, 9.17) is 15.2 Å². The van der Waals surface area contributed by atoms with E-state index in [1.54, 1.807) is 12.1 Å². The van der Waals surface area contributed by atoms with Crippen LogP contribution >= 0.6 is 0 Å². The van der Waals surface area contributed by atoms with E-state index in [1.165, 1.54) is 6.07 Å². The highest BCUT2D eigenvalue weighted by Gasteiger charge is 2.47. The minimum Gasteiger partial charge on any atom is -0.378 e. The molecule has 1 spiro atoms. The Bertz CT molecular complexity index is 501. The van der Waals surface area contributed by atoms with Crippen LogP contribution in [0, 0.1) is 11.7 Å². The van der Waals surface area contributed by atoms with Crippen molar-refractivity contribution in [1.82, 2.24) is 0 Å². The van der Waals surface area contributed by atoms with Crippen LogP contribution in [-0.2, 0) is 15.0 Å². The molecule has 2 aliphatic rings. The zero-order valence-electron chi connectivity index (χ0n) is 12.6. The highest BCUT2D eigenvalue weighted by atomic mass is 19.1. The maximum absolute atomic E-state index is 13.6. The highest BCUT2D eigenvalue weighted by Crippen LogP contribution is 2.44. The van der Waals surface area contributed by atoms with Crippen LogP contribution in [0.3, 0.4) is 0 Å². The largest absolute Gasteiger partial charge is 0.378 e. The van der Waals surface area contributed by atoms with Crippen LogP contribution in [-0.4, -0.2) is 25.4 Å². The molecule has 0 aromatic heterocycles. The third-order valence-corrected chi connectivity index (χ3v) is 5.24. The Morgan fingerprint density at radius 2 is 2.29 bits per heavy atom. The van der Waals surface area contributed by atoms with Crippen molar-refractivity contribution < 1.29 is 13.9 Å². The Morgan fingerprint density at radius 1 is 1.43 bits per heavy atom. The van der Waals surface area contributed by atoms with Crippen LogP contribution in [0.4, 0.5) is 4.39 Å². The van der Waals surface area contributed by atoms with Gasteiger partial charge in [-0.05, 0) is 42.9 Å². The Labute approximate surface area is 125 Å². The van der Waals surface area contributed by atoms with Crippen molar-refractivity contribution in [3.63, 3.8) is 0 Å². The zero-order chi connectivity index (χ0) is 14.9. The maximum Gasteiger partial charge on any atom is 0.123 e. The lowest BCUT2D eigenvalue weighted by Gasteiger charge is -2.45. The van der Waals surface area contributed by atoms with Gasteiger partial charge in [0, 0.05) is 25.2 Å². The average Bonchev–Trinajstić information content (AvgIpc) is 2.94. The first kappa shape index (κ1) is 14.9. The molecule has 0 aliphatic carbocycles. The van der Waals surface area contributed by atoms with E-state index in [0.717, 1.165) is 37.9 Å². The molecule has 2 N–H and O–H groups in total. The molecule has 1 aromatic carbocycles. The number of benzene rings is 1. The van der Waals surface area contributed by atoms with E-state index in [0.29, 0.717) is 19.1 Å². The van der Waals surface area contributed by atoms with Gasteiger partial charge in [-0.3, -0.25) is 0 Å². The first-order chi connectivity index (χ1) is 10.1. The van der Waals surface area contributed by atoms with Gasteiger partial charge in [0.1, 0.15) is 5.82 Å². The summed E-state index contributed by atoms with van der Waals surface area (Å²) in [6.45, 7) is 4.21. The van der Waals surface area contributed by atoms with Crippen molar-refractivity contribution in [2.45, 2.75) is 43.7 Å². The minimum atomic E-state index is -0.499. The molecule has 0 saturated carbocycles. The molecule has 3 nitrogen and oxygen atoms in total. The van der Waals surface area contributed by atoms with Crippen LogP contribution in [0.25, 0.3) is 0 Å². The van der Waals surface area contributed by atoms with Gasteiger partial charge in [-0.15, -0.1) is 0 Å². The van der Waals surface area contributed by atoms with Crippen molar-refractivity contribution in [2.75, 3.05) is 19.8 Å². The quantitative estimate of drug-likeness (QED) is 0.932. The molecule has 2 heterocycles. The van der Waals surface area contributed by atoms with Gasteiger partial charge in [0.25, 0.3) is 0 Å². The smallest absolute Gasteiger partial charge is 0.123 e. The Hall–Kier alpha value is -0.970. The van der Waals surface area contributed by atoms with Crippen LogP contribution < -0.4 is 5.73 Å². The normalized spacial score (nSPS) is 32.2. The van der Waals surface area contributed by atoms with Gasteiger partial charge >= 0.3 is 0 Å². The second-order valence-corrected chi connectivity index (χ2v) is 6.43. The third kappa shape index (κ3) is 2.72. The fraction of sp³-hybridized carbons (Fsp3) is 0.647. The van der Waals surface area contributed by atoms with E-state index < -0.39 is 5.54 Å². The molecule has 2 aliphatic heterocycles. The number of rotatable bonds is 3. The molecule has 3 rings (SSSR count). The first-order valence-corrected chi connectivity index (χ1v) is 7.85. The van der Waals surface area contributed by atoms with Crippen molar-refractivity contribution in [2.24, 2.45) is 11.7 Å². The van der Waals surface area contributed by atoms with Crippen molar-refractivity contribution in [3.8, 4) is 0 Å². The molecule has 0 amide bonds. The van der Waals surface area contributed by atoms with Crippen molar-refractivity contribution >= 4 is 0 Å². The van der Waals surface area contributed by atoms with Crippen LogP contribution in [0.1, 0.15) is 38.2 Å². The van der Waals surface area contributed by atoms with Gasteiger partial charge < -0.3 is 15.2 Å². The monoisotopic (exact) mass is 293 g/mol. The summed E-state index contributed by atoms with van der Waals surface area (Å²) in [5.41, 5.74) is 6.98. The summed E-state index contributed by atoms with van der Waals surface area (Å²) >= 11 is 0. The molecule has 1 aromatic rings. The standard InChI is InChI=1S/C17H24FNO2/c1-2-17(19,13-4-3-5-15(18)10-13)14-6-8-21-16(11-14)7-9-20-12-16/h3-5,10,14H,2,6-9,11-12,19H2,1H3. The lowest BCUT2D eigenvalue weighted by Crippen LogP contribution is -2.51. The molecule has 4 heteroatoms. The average molecular weight is 293 g/mol. The van der Waals surface area contributed by atoms with Gasteiger partial charge in [0.15, 0.2) is 0 Å². The molecule has 116 valence electrons. The summed E-state index contributed by atoms with van der Waals surface area (Å²) in [6.07, 6.45) is 3.54. The minimum absolute atomic E-state index is 0.171. The summed E-state index contributed by atoms with van der Waals surface area (Å²) in [5, 5.41) is 0. The Kier molecular flexibility index (Phi) is 4.04. The summed E-state index contributed by atoms with van der Waals surface area (Å²) in [5.74, 6) is 0.0708. The second kappa shape index (κ2) is 5.67. The van der Waals surface area contributed by atoms with Crippen LogP contribution in [0.15, 0.2) is 24.3 Å². The van der Waals surface area contributed by atoms with E-state index in [9.17, 15) is 4.39 Å². The molecular weight excluding hydrogens is 269 g/mol. The summed E-state index contributed by atoms with van der Waals surface area (Å²) < 4.78 is 25.1. The highest BCUT2D eigenvalue weighted by molar-refractivity contribution is 5.26. The Morgan fingerprint density at radius 3 is 2.95 bits per heavy atom. The fourth-order valence-corrected chi connectivity index (χ4v) is 3.84. The number of nitrogens with two attached hydrogens (primary N) is 1. The predicted molar refractivity (Wildman–Crippen MR) is 79.4 cm³/mol. The first-order valence-electron chi connectivity index (χ1n) is 7.85. The third-order valence-electron chi connectivity index (χ3n) is 5.24. The van der Waals surface area contributed by atoms with Crippen LogP contribution in [0.2, 0.25) is 0 Å². The van der Waals surface area contributed by atoms with Crippen molar-refractivity contribution in [1.29, 1.82) is 0 Å². The van der Waals surface area contributed by atoms with Gasteiger partial charge in [-0.2, -0.15) is 0 Å². The molecule has 2 saturated heterocycles. The molecule has 3 unspecified atom stereocenters. The lowest BCUT2D eigenvalue weighted by atomic mass is 9.69. The Balaban J connectivity index is 1.88. The molecule has 2 fully saturated rings. The summed E-state index contributed by atoms with van der Waals surface area (Å²) in [7, 11) is 0. The van der Waals surface area contributed by atoms with E-state index >= 15 is 0 Å². The fourth-order valence-electron chi connectivity index (χ4n) is 3.84. The van der Waals surface area contributed by atoms with E-state index in [2.05, 4.69) is 6.92 Å². The zero-order valence-corrected chi connectivity index (χ0v) is 12.6. The lowest BCUT2D eigenvalue weighted by molar-refractivity contribution is -0.110. The summed E-state index contributed by atoms with van der Waals surface area (Å²) in [4.78, 5) is 0. The number of halogens is 1. The number of hydrogen-bond donors (Lipinski definition) is 1. The van der Waals surface area contributed by atoms with Crippen LogP contribution in [0.5, 0.6) is 0 Å². The SMILES string of the molecule is CCC(N)(c1cccc(F)c1)C1CCOC2(CCOC2)C1. The van der Waals surface area contributed by atoms with Gasteiger partial charge in [0.05, 0.1) is 12.2 Å². The van der Waals surface area contributed by atoms with Gasteiger partial charge in [-0.25, -0.2) is 4.39 Å². The van der Waals surface area contributed by atoms with Crippen molar-refractivity contribution in [3.05, 3.63) is 35.6 Å². The van der Waals surface area contributed by atoms with Gasteiger partial charge in [0.2, 0.25) is 0 Å². The topological polar surface area (TPSA) is 44.5 Å².